The van der Waals surface area contributed by atoms with Gasteiger partial charge in [-0.3, -0.25) is 9.59 Å². The van der Waals surface area contributed by atoms with Gasteiger partial charge in [-0.05, 0) is 49.2 Å². The first-order valence-corrected chi connectivity index (χ1v) is 13.2. The summed E-state index contributed by atoms with van der Waals surface area (Å²) in [6.45, 7) is 3.46. The van der Waals surface area contributed by atoms with Gasteiger partial charge in [0.05, 0.1) is 17.9 Å². The number of rotatable bonds is 6. The van der Waals surface area contributed by atoms with Crippen molar-refractivity contribution in [1.82, 2.24) is 5.32 Å². The number of hydrogen-bond acceptors (Lipinski definition) is 4. The van der Waals surface area contributed by atoms with Crippen LogP contribution in [0, 0.1) is 13.8 Å². The summed E-state index contributed by atoms with van der Waals surface area (Å²) in [5, 5.41) is 6.04. The molecule has 2 N–H and O–H groups in total. The Hall–Kier alpha value is -4.75. The van der Waals surface area contributed by atoms with Gasteiger partial charge in [0, 0.05) is 27.4 Å². The van der Waals surface area contributed by atoms with Gasteiger partial charge in [0.2, 0.25) is 6.17 Å². The number of nitrogens with zero attached hydrogens (tertiary/aromatic N) is 2. The van der Waals surface area contributed by atoms with E-state index < -0.39 is 18.1 Å². The summed E-state index contributed by atoms with van der Waals surface area (Å²) in [6, 6.07) is 28.5. The van der Waals surface area contributed by atoms with E-state index in [0.29, 0.717) is 33.2 Å². The van der Waals surface area contributed by atoms with E-state index in [2.05, 4.69) is 10.6 Å². The predicted molar refractivity (Wildman–Crippen MR) is 159 cm³/mol. The molecule has 1 aliphatic rings. The summed E-state index contributed by atoms with van der Waals surface area (Å²) in [4.78, 5) is 46.8. The molecule has 1 heterocycles. The van der Waals surface area contributed by atoms with Gasteiger partial charge < -0.3 is 15.5 Å². The number of Topliss-reactive ketones (excluding diaryl/α,β-unsaturated/α-hetero) is 1. The number of hydrogen-bond donors (Lipinski definition) is 2. The SMILES string of the molecule is Cc1cc(Cl)ccc1NC(=O)NC1N=C(c2ccccc2)c2ccccc2N(CC(=O)c2ccccc2C)C1=O. The second-order valence-electron chi connectivity index (χ2n) is 9.48. The van der Waals surface area contributed by atoms with Crippen LogP contribution >= 0.6 is 11.6 Å². The molecule has 0 bridgehead atoms. The standard InChI is InChI=1S/C32H27ClN4O3/c1-20-10-6-7-13-24(20)28(38)19-37-27-15-9-8-14-25(27)29(22-11-4-3-5-12-22)35-30(31(37)39)36-32(40)34-26-17-16-23(33)18-21(26)2/h3-18,30H,19H2,1-2H3,(H2,34,36,40). The maximum absolute atomic E-state index is 14.0. The molecule has 0 fully saturated rings. The third-order valence-corrected chi connectivity index (χ3v) is 6.94. The Bertz CT molecular complexity index is 1630. The van der Waals surface area contributed by atoms with Crippen LogP contribution in [0.5, 0.6) is 0 Å². The lowest BCUT2D eigenvalue weighted by Gasteiger charge is -2.25. The van der Waals surface area contributed by atoms with Crippen LogP contribution in [0.25, 0.3) is 0 Å². The number of ketones is 1. The summed E-state index contributed by atoms with van der Waals surface area (Å²) < 4.78 is 0. The summed E-state index contributed by atoms with van der Waals surface area (Å²) >= 11 is 6.05. The molecule has 0 aliphatic carbocycles. The van der Waals surface area contributed by atoms with Gasteiger partial charge in [-0.1, -0.05) is 84.4 Å². The van der Waals surface area contributed by atoms with Crippen LogP contribution in [0.2, 0.25) is 5.02 Å². The Morgan fingerprint density at radius 3 is 2.33 bits per heavy atom. The molecule has 40 heavy (non-hydrogen) atoms. The fourth-order valence-electron chi connectivity index (χ4n) is 4.68. The van der Waals surface area contributed by atoms with Crippen LogP contribution in [-0.2, 0) is 4.79 Å². The van der Waals surface area contributed by atoms with Crippen molar-refractivity contribution in [2.75, 3.05) is 16.8 Å². The van der Waals surface area contributed by atoms with Crippen LogP contribution in [0.3, 0.4) is 0 Å². The highest BCUT2D eigenvalue weighted by atomic mass is 35.5. The van der Waals surface area contributed by atoms with Crippen LogP contribution in [-0.4, -0.2) is 36.1 Å². The lowest BCUT2D eigenvalue weighted by atomic mass is 9.99. The molecular weight excluding hydrogens is 524 g/mol. The Balaban J connectivity index is 1.54. The van der Waals surface area contributed by atoms with E-state index in [1.807, 2.05) is 74.5 Å². The number of aliphatic imine (C=N–C) groups is 1. The van der Waals surface area contributed by atoms with Crippen LogP contribution in [0.4, 0.5) is 16.2 Å². The smallest absolute Gasteiger partial charge is 0.308 e. The lowest BCUT2D eigenvalue weighted by molar-refractivity contribution is -0.120. The zero-order chi connectivity index (χ0) is 28.2. The summed E-state index contributed by atoms with van der Waals surface area (Å²) in [5.41, 5.74) is 5.18. The monoisotopic (exact) mass is 550 g/mol. The molecule has 0 aromatic heterocycles. The van der Waals surface area contributed by atoms with E-state index >= 15 is 0 Å². The minimum absolute atomic E-state index is 0.214. The Labute approximate surface area is 237 Å². The van der Waals surface area contributed by atoms with E-state index in [9.17, 15) is 14.4 Å². The fraction of sp³-hybridized carbons (Fsp3) is 0.125. The molecule has 4 aromatic carbocycles. The first-order chi connectivity index (χ1) is 19.3. The summed E-state index contributed by atoms with van der Waals surface area (Å²) in [7, 11) is 0. The molecule has 7 nitrogen and oxygen atoms in total. The summed E-state index contributed by atoms with van der Waals surface area (Å²) in [5.74, 6) is -0.743. The minimum atomic E-state index is -1.29. The number of carbonyl (C=O) groups excluding carboxylic acids is 3. The molecule has 0 radical (unpaired) electrons. The van der Waals surface area contributed by atoms with E-state index in [0.717, 1.165) is 16.7 Å². The Morgan fingerprint density at radius 1 is 0.875 bits per heavy atom. The van der Waals surface area contributed by atoms with Crippen molar-refractivity contribution in [3.05, 3.63) is 130 Å². The third-order valence-electron chi connectivity index (χ3n) is 6.71. The third kappa shape index (κ3) is 5.65. The average Bonchev–Trinajstić information content (AvgIpc) is 3.06. The average molecular weight is 551 g/mol. The number of nitrogens with one attached hydrogen (secondary N) is 2. The number of aryl methyl sites for hydroxylation is 2. The van der Waals surface area contributed by atoms with Gasteiger partial charge in [0.1, 0.15) is 0 Å². The first kappa shape index (κ1) is 26.8. The molecule has 5 rings (SSSR count). The topological polar surface area (TPSA) is 90.9 Å². The first-order valence-electron chi connectivity index (χ1n) is 12.8. The van der Waals surface area contributed by atoms with Gasteiger partial charge in [-0.25, -0.2) is 9.79 Å². The predicted octanol–water partition coefficient (Wildman–Crippen LogP) is 6.17. The number of fused-ring (bicyclic) bond motifs is 1. The number of halogens is 1. The van der Waals surface area contributed by atoms with Crippen molar-refractivity contribution in [2.24, 2.45) is 4.99 Å². The van der Waals surface area contributed by atoms with E-state index in [4.69, 9.17) is 16.6 Å². The quantitative estimate of drug-likeness (QED) is 0.281. The number of amides is 3. The van der Waals surface area contributed by atoms with Crippen molar-refractivity contribution in [3.63, 3.8) is 0 Å². The molecule has 4 aromatic rings. The van der Waals surface area contributed by atoms with Crippen LogP contribution in [0.15, 0.2) is 102 Å². The number of benzodiazepines with no additional fused rings is 1. The second-order valence-corrected chi connectivity index (χ2v) is 9.92. The molecule has 1 unspecified atom stereocenters. The number of benzene rings is 4. The van der Waals surface area contributed by atoms with Gasteiger partial charge in [0.25, 0.3) is 5.91 Å². The van der Waals surface area contributed by atoms with E-state index in [1.165, 1.54) is 4.90 Å². The van der Waals surface area contributed by atoms with E-state index in [-0.39, 0.29) is 12.3 Å². The highest BCUT2D eigenvalue weighted by Gasteiger charge is 2.34. The van der Waals surface area contributed by atoms with Crippen molar-refractivity contribution < 1.29 is 14.4 Å². The molecule has 0 saturated heterocycles. The molecular formula is C32H27ClN4O3. The van der Waals surface area contributed by atoms with Crippen molar-refractivity contribution in [3.8, 4) is 0 Å². The Morgan fingerprint density at radius 2 is 1.57 bits per heavy atom. The van der Waals surface area contributed by atoms with Gasteiger partial charge in [-0.15, -0.1) is 0 Å². The van der Waals surface area contributed by atoms with E-state index in [1.54, 1.807) is 36.4 Å². The number of para-hydroxylation sites is 1. The summed E-state index contributed by atoms with van der Waals surface area (Å²) in [6.07, 6.45) is -1.29. The molecule has 0 spiro atoms. The lowest BCUT2D eigenvalue weighted by Crippen LogP contribution is -2.50. The maximum atomic E-state index is 14.0. The maximum Gasteiger partial charge on any atom is 0.321 e. The highest BCUT2D eigenvalue weighted by Crippen LogP contribution is 2.29. The van der Waals surface area contributed by atoms with Crippen molar-refractivity contribution in [2.45, 2.75) is 20.0 Å². The number of anilines is 2. The zero-order valence-electron chi connectivity index (χ0n) is 22.0. The highest BCUT2D eigenvalue weighted by molar-refractivity contribution is 6.30. The number of urea groups is 1. The van der Waals surface area contributed by atoms with Crippen LogP contribution < -0.4 is 15.5 Å². The molecule has 1 aliphatic heterocycles. The normalized spacial score (nSPS) is 14.6. The van der Waals surface area contributed by atoms with Gasteiger partial charge in [-0.2, -0.15) is 0 Å². The van der Waals surface area contributed by atoms with Gasteiger partial charge in [0.15, 0.2) is 5.78 Å². The molecule has 0 saturated carbocycles. The van der Waals surface area contributed by atoms with Crippen LogP contribution in [0.1, 0.15) is 32.6 Å². The molecule has 8 heteroatoms. The fourth-order valence-corrected chi connectivity index (χ4v) is 4.90. The molecule has 200 valence electrons. The molecule has 3 amide bonds. The number of carbonyl (C=O) groups is 3. The molecule has 1 atom stereocenters. The second kappa shape index (κ2) is 11.6. The van der Waals surface area contributed by atoms with Crippen molar-refractivity contribution in [1.29, 1.82) is 0 Å². The Kier molecular flexibility index (Phi) is 7.75. The van der Waals surface area contributed by atoms with Crippen molar-refractivity contribution >= 4 is 46.4 Å². The largest absolute Gasteiger partial charge is 0.321 e. The zero-order valence-corrected chi connectivity index (χ0v) is 22.8. The van der Waals surface area contributed by atoms with Gasteiger partial charge >= 0.3 is 6.03 Å². The minimum Gasteiger partial charge on any atom is -0.308 e.